The van der Waals surface area contributed by atoms with Crippen molar-refractivity contribution in [2.45, 2.75) is 12.5 Å². The number of esters is 1. The van der Waals surface area contributed by atoms with Gasteiger partial charge in [-0.3, -0.25) is 0 Å². The smallest absolute Gasteiger partial charge is 0.335 e. The number of hydrogen-bond acceptors (Lipinski definition) is 4. The first-order valence-electron chi connectivity index (χ1n) is 6.37. The second kappa shape index (κ2) is 6.18. The lowest BCUT2D eigenvalue weighted by atomic mass is 9.91. The quantitative estimate of drug-likeness (QED) is 0.827. The molecule has 4 nitrogen and oxygen atoms in total. The van der Waals surface area contributed by atoms with E-state index >= 15 is 0 Å². The van der Waals surface area contributed by atoms with E-state index in [1.807, 2.05) is 24.3 Å². The zero-order chi connectivity index (χ0) is 15.5. The van der Waals surface area contributed by atoms with Crippen molar-refractivity contribution in [2.75, 3.05) is 12.4 Å². The number of rotatable bonds is 4. The van der Waals surface area contributed by atoms with Crippen molar-refractivity contribution in [3.63, 3.8) is 0 Å². The number of methoxy groups -OCH3 is 1. The molecular weight excluding hydrogens is 334 g/mol. The zero-order valence-electron chi connectivity index (χ0n) is 11.8. The number of phenolic OH excluding ortho intramolecular Hbond substituents is 1. The lowest BCUT2D eigenvalue weighted by molar-refractivity contribution is -0.145. The highest BCUT2D eigenvalue weighted by atomic mass is 79.9. The van der Waals surface area contributed by atoms with Crippen LogP contribution in [0.3, 0.4) is 0 Å². The van der Waals surface area contributed by atoms with Gasteiger partial charge in [-0.05, 0) is 42.8 Å². The van der Waals surface area contributed by atoms with Crippen LogP contribution in [-0.4, -0.2) is 18.2 Å². The Bertz CT molecular complexity index is 659. The lowest BCUT2D eigenvalue weighted by Crippen LogP contribution is -2.41. The fraction of sp³-hybridized carbons (Fsp3) is 0.188. The van der Waals surface area contributed by atoms with Crippen LogP contribution in [0.2, 0.25) is 0 Å². The van der Waals surface area contributed by atoms with Gasteiger partial charge in [0.2, 0.25) is 0 Å². The minimum absolute atomic E-state index is 0.0960. The Hall–Kier alpha value is -2.01. The molecule has 0 aliphatic rings. The first-order valence-corrected chi connectivity index (χ1v) is 7.16. The van der Waals surface area contributed by atoms with Crippen LogP contribution >= 0.6 is 15.9 Å². The highest BCUT2D eigenvalue weighted by Crippen LogP contribution is 2.30. The predicted molar refractivity (Wildman–Crippen MR) is 85.2 cm³/mol. The molecule has 0 spiro atoms. The minimum atomic E-state index is -1.10. The van der Waals surface area contributed by atoms with Gasteiger partial charge in [0.15, 0.2) is 5.54 Å². The van der Waals surface area contributed by atoms with Crippen molar-refractivity contribution in [1.82, 2.24) is 0 Å². The van der Waals surface area contributed by atoms with Crippen molar-refractivity contribution in [2.24, 2.45) is 0 Å². The van der Waals surface area contributed by atoms with Crippen LogP contribution in [0.1, 0.15) is 12.5 Å². The Morgan fingerprint density at radius 3 is 2.57 bits per heavy atom. The molecule has 0 saturated carbocycles. The maximum Gasteiger partial charge on any atom is 0.335 e. The van der Waals surface area contributed by atoms with E-state index < -0.39 is 11.5 Å². The Labute approximate surface area is 131 Å². The van der Waals surface area contributed by atoms with Crippen molar-refractivity contribution in [3.8, 4) is 5.75 Å². The summed E-state index contributed by atoms with van der Waals surface area (Å²) in [5, 5.41) is 12.8. The van der Waals surface area contributed by atoms with Crippen molar-refractivity contribution in [1.29, 1.82) is 0 Å². The van der Waals surface area contributed by atoms with Gasteiger partial charge in [0.1, 0.15) is 5.75 Å². The summed E-state index contributed by atoms with van der Waals surface area (Å²) in [6.07, 6.45) is 0. The van der Waals surface area contributed by atoms with Gasteiger partial charge >= 0.3 is 5.97 Å². The molecule has 0 aliphatic carbocycles. The summed E-state index contributed by atoms with van der Waals surface area (Å²) in [6, 6.07) is 14.0. The summed E-state index contributed by atoms with van der Waals surface area (Å²) >= 11 is 3.40. The molecule has 110 valence electrons. The van der Waals surface area contributed by atoms with Crippen molar-refractivity contribution in [3.05, 3.63) is 58.6 Å². The van der Waals surface area contributed by atoms with Gasteiger partial charge in [-0.25, -0.2) is 4.79 Å². The van der Waals surface area contributed by atoms with E-state index in [4.69, 9.17) is 4.74 Å². The van der Waals surface area contributed by atoms with Crippen molar-refractivity contribution < 1.29 is 14.6 Å². The van der Waals surface area contributed by atoms with Crippen molar-refractivity contribution >= 4 is 27.6 Å². The maximum absolute atomic E-state index is 12.3. The molecule has 0 radical (unpaired) electrons. The first-order chi connectivity index (χ1) is 9.95. The number of aromatic hydroxyl groups is 1. The average molecular weight is 350 g/mol. The molecule has 0 aliphatic heterocycles. The third-order valence-corrected chi connectivity index (χ3v) is 3.73. The minimum Gasteiger partial charge on any atom is -0.508 e. The second-order valence-electron chi connectivity index (χ2n) is 4.80. The number of carbonyl (C=O) groups is 1. The zero-order valence-corrected chi connectivity index (χ0v) is 13.3. The molecule has 0 bridgehead atoms. The second-order valence-corrected chi connectivity index (χ2v) is 5.72. The summed E-state index contributed by atoms with van der Waals surface area (Å²) in [4.78, 5) is 12.3. The standard InChI is InChI=1S/C16H16BrNO3/c1-16(15(20)21-2,11-5-3-8-14(19)9-11)18-13-7-4-6-12(17)10-13/h3-10,18-19H,1-2H3. The summed E-state index contributed by atoms with van der Waals surface area (Å²) in [5.74, 6) is -0.341. The van der Waals surface area contributed by atoms with E-state index in [0.29, 0.717) is 5.56 Å². The number of ether oxygens (including phenoxy) is 1. The Kier molecular flexibility index (Phi) is 4.53. The van der Waals surface area contributed by atoms with E-state index in [0.717, 1.165) is 10.2 Å². The SMILES string of the molecule is COC(=O)C(C)(Nc1cccc(Br)c1)c1cccc(O)c1. The molecule has 0 saturated heterocycles. The monoisotopic (exact) mass is 349 g/mol. The van der Waals surface area contributed by atoms with E-state index in [2.05, 4.69) is 21.2 Å². The molecule has 0 aromatic heterocycles. The molecule has 1 unspecified atom stereocenters. The number of halogens is 1. The number of anilines is 1. The van der Waals surface area contributed by atoms with Gasteiger partial charge < -0.3 is 15.2 Å². The van der Waals surface area contributed by atoms with Gasteiger partial charge in [0, 0.05) is 10.2 Å². The number of phenols is 1. The number of benzene rings is 2. The van der Waals surface area contributed by atoms with E-state index in [9.17, 15) is 9.90 Å². The molecular formula is C16H16BrNO3. The topological polar surface area (TPSA) is 58.6 Å². The third kappa shape index (κ3) is 3.36. The van der Waals surface area contributed by atoms with Crippen LogP contribution in [0.15, 0.2) is 53.0 Å². The molecule has 2 aromatic carbocycles. The number of nitrogens with one attached hydrogen (secondary N) is 1. The van der Waals surface area contributed by atoms with Crippen LogP contribution < -0.4 is 5.32 Å². The fourth-order valence-corrected chi connectivity index (χ4v) is 2.52. The molecule has 1 atom stereocenters. The van der Waals surface area contributed by atoms with Gasteiger partial charge in [0.05, 0.1) is 7.11 Å². The van der Waals surface area contributed by atoms with Crippen LogP contribution in [0, 0.1) is 0 Å². The number of carbonyl (C=O) groups excluding carboxylic acids is 1. The van der Waals surface area contributed by atoms with Crippen LogP contribution in [-0.2, 0) is 15.1 Å². The molecule has 2 aromatic rings. The molecule has 5 heteroatoms. The third-order valence-electron chi connectivity index (χ3n) is 3.24. The molecule has 0 fully saturated rings. The Morgan fingerprint density at radius 2 is 1.95 bits per heavy atom. The van der Waals surface area contributed by atoms with E-state index in [1.54, 1.807) is 31.2 Å². The molecule has 0 amide bonds. The average Bonchev–Trinajstić information content (AvgIpc) is 2.46. The van der Waals surface area contributed by atoms with Crippen LogP contribution in [0.4, 0.5) is 5.69 Å². The summed E-state index contributed by atoms with van der Waals surface area (Å²) in [6.45, 7) is 1.72. The molecule has 2 rings (SSSR count). The normalized spacial score (nSPS) is 13.3. The molecule has 21 heavy (non-hydrogen) atoms. The Morgan fingerprint density at radius 1 is 1.24 bits per heavy atom. The van der Waals surface area contributed by atoms with Gasteiger partial charge in [0.25, 0.3) is 0 Å². The van der Waals surface area contributed by atoms with Gasteiger partial charge in [-0.15, -0.1) is 0 Å². The van der Waals surface area contributed by atoms with Crippen LogP contribution in [0.25, 0.3) is 0 Å². The molecule has 2 N–H and O–H groups in total. The van der Waals surface area contributed by atoms with Gasteiger partial charge in [-0.2, -0.15) is 0 Å². The fourth-order valence-electron chi connectivity index (χ4n) is 2.12. The van der Waals surface area contributed by atoms with E-state index in [-0.39, 0.29) is 5.75 Å². The summed E-state index contributed by atoms with van der Waals surface area (Å²) in [7, 11) is 1.34. The largest absolute Gasteiger partial charge is 0.508 e. The number of hydrogen-bond donors (Lipinski definition) is 2. The summed E-state index contributed by atoms with van der Waals surface area (Å²) in [5.41, 5.74) is 0.281. The lowest BCUT2D eigenvalue weighted by Gasteiger charge is -2.29. The predicted octanol–water partition coefficient (Wildman–Crippen LogP) is 3.66. The van der Waals surface area contributed by atoms with Gasteiger partial charge in [-0.1, -0.05) is 34.1 Å². The maximum atomic E-state index is 12.3. The highest BCUT2D eigenvalue weighted by Gasteiger charge is 2.36. The Balaban J connectivity index is 2.45. The highest BCUT2D eigenvalue weighted by molar-refractivity contribution is 9.10. The first kappa shape index (κ1) is 15.4. The van der Waals surface area contributed by atoms with Crippen LogP contribution in [0.5, 0.6) is 5.75 Å². The summed E-state index contributed by atoms with van der Waals surface area (Å²) < 4.78 is 5.82. The molecule has 0 heterocycles. The van der Waals surface area contributed by atoms with E-state index in [1.165, 1.54) is 7.11 Å².